The molecule has 2 heterocycles. The summed E-state index contributed by atoms with van der Waals surface area (Å²) >= 11 is 0. The molecular formula is C17H25N3O. The van der Waals surface area contributed by atoms with E-state index in [2.05, 4.69) is 37.9 Å². The van der Waals surface area contributed by atoms with Gasteiger partial charge in [-0.1, -0.05) is 27.7 Å². The lowest BCUT2D eigenvalue weighted by Gasteiger charge is -2.47. The Hall–Kier alpha value is -1.45. The van der Waals surface area contributed by atoms with Gasteiger partial charge in [0.2, 0.25) is 0 Å². The zero-order chi connectivity index (χ0) is 15.4. The van der Waals surface area contributed by atoms with Gasteiger partial charge in [0.1, 0.15) is 5.78 Å². The van der Waals surface area contributed by atoms with Crippen LogP contribution in [0.4, 0.5) is 5.82 Å². The molecule has 1 fully saturated rings. The number of nitrogens with one attached hydrogen (secondary N) is 1. The van der Waals surface area contributed by atoms with Crippen LogP contribution in [-0.2, 0) is 10.2 Å². The number of rotatable bonds is 2. The van der Waals surface area contributed by atoms with E-state index in [1.807, 2.05) is 6.92 Å². The molecule has 21 heavy (non-hydrogen) atoms. The highest BCUT2D eigenvalue weighted by molar-refractivity contribution is 6.11. The molecule has 0 saturated heterocycles. The maximum absolute atomic E-state index is 12.9. The molecule has 0 bridgehead atoms. The quantitative estimate of drug-likeness (QED) is 0.897. The van der Waals surface area contributed by atoms with E-state index >= 15 is 0 Å². The summed E-state index contributed by atoms with van der Waals surface area (Å²) in [5.74, 6) is 1.12. The van der Waals surface area contributed by atoms with E-state index < -0.39 is 0 Å². The third kappa shape index (κ3) is 1.91. The molecule has 1 atom stereocenters. The van der Waals surface area contributed by atoms with Crippen molar-refractivity contribution in [3.05, 3.63) is 11.3 Å². The average Bonchev–Trinajstić information content (AvgIpc) is 2.77. The van der Waals surface area contributed by atoms with E-state index in [9.17, 15) is 4.79 Å². The lowest BCUT2D eigenvalue weighted by Crippen LogP contribution is -2.51. The Morgan fingerprint density at radius 3 is 2.52 bits per heavy atom. The molecule has 4 heteroatoms. The smallest absolute Gasteiger partial charge is 0.177 e. The van der Waals surface area contributed by atoms with Crippen LogP contribution in [0, 0.1) is 18.3 Å². The highest BCUT2D eigenvalue weighted by Gasteiger charge is 2.53. The summed E-state index contributed by atoms with van der Waals surface area (Å²) in [7, 11) is 0. The number of Topliss-reactive ketones (excluding diaryl/α,β-unsaturated/α-hetero) is 1. The lowest BCUT2D eigenvalue weighted by molar-refractivity contribution is -0.126. The fourth-order valence-electron chi connectivity index (χ4n) is 4.53. The Balaban J connectivity index is 2.24. The summed E-state index contributed by atoms with van der Waals surface area (Å²) < 4.78 is 0. The van der Waals surface area contributed by atoms with E-state index in [4.69, 9.17) is 4.99 Å². The van der Waals surface area contributed by atoms with Gasteiger partial charge in [0, 0.05) is 28.8 Å². The predicted molar refractivity (Wildman–Crippen MR) is 84.2 cm³/mol. The van der Waals surface area contributed by atoms with Gasteiger partial charge in [-0.2, -0.15) is 5.10 Å². The number of carbonyl (C=O) groups is 1. The summed E-state index contributed by atoms with van der Waals surface area (Å²) in [6, 6.07) is 0. The summed E-state index contributed by atoms with van der Waals surface area (Å²) in [6.07, 6.45) is 3.46. The minimum atomic E-state index is -0.128. The molecule has 1 saturated carbocycles. The van der Waals surface area contributed by atoms with Crippen molar-refractivity contribution in [2.75, 3.05) is 0 Å². The number of fused-ring (bicyclic) bond motifs is 2. The maximum Gasteiger partial charge on any atom is 0.177 e. The van der Waals surface area contributed by atoms with Crippen LogP contribution in [0.25, 0.3) is 0 Å². The molecule has 3 rings (SSSR count). The van der Waals surface area contributed by atoms with E-state index in [0.29, 0.717) is 12.2 Å². The number of hydrogen-bond donors (Lipinski definition) is 1. The number of hydrogen-bond acceptors (Lipinski definition) is 3. The summed E-state index contributed by atoms with van der Waals surface area (Å²) in [6.45, 7) is 10.7. The van der Waals surface area contributed by atoms with Crippen molar-refractivity contribution in [1.29, 1.82) is 0 Å². The van der Waals surface area contributed by atoms with Gasteiger partial charge in [0.25, 0.3) is 0 Å². The molecule has 0 spiro atoms. The molecule has 4 nitrogen and oxygen atoms in total. The van der Waals surface area contributed by atoms with Gasteiger partial charge in [-0.3, -0.25) is 9.89 Å². The number of aliphatic imine (C=N–C) groups is 1. The molecular weight excluding hydrogens is 262 g/mol. The average molecular weight is 287 g/mol. The zero-order valence-electron chi connectivity index (χ0n) is 13.7. The minimum Gasteiger partial charge on any atom is -0.299 e. The van der Waals surface area contributed by atoms with E-state index in [1.165, 1.54) is 5.56 Å². The van der Waals surface area contributed by atoms with Crippen LogP contribution in [0.15, 0.2) is 4.99 Å². The standard InChI is InChI=1S/C17H25N3O/c1-6-17(7-2)13-10(3)19-20-15(13)18-11-8-16(4,5)9-12(21)14(11)17/h14H,6-9H2,1-5H3,(H,19,20). The topological polar surface area (TPSA) is 58.1 Å². The molecule has 2 aliphatic rings. The SMILES string of the molecule is CCC1(CC)c2c(n[nH]c2C)N=C2CC(C)(C)CC(=O)C21. The highest BCUT2D eigenvalue weighted by atomic mass is 16.1. The monoisotopic (exact) mass is 287 g/mol. The van der Waals surface area contributed by atoms with Crippen molar-refractivity contribution in [2.24, 2.45) is 16.3 Å². The molecule has 1 aromatic rings. The van der Waals surface area contributed by atoms with Gasteiger partial charge in [-0.25, -0.2) is 4.99 Å². The van der Waals surface area contributed by atoms with Crippen LogP contribution < -0.4 is 0 Å². The van der Waals surface area contributed by atoms with Crippen LogP contribution in [0.1, 0.15) is 64.6 Å². The normalized spacial score (nSPS) is 26.0. The summed E-state index contributed by atoms with van der Waals surface area (Å²) in [4.78, 5) is 17.7. The second-order valence-electron chi connectivity index (χ2n) is 7.43. The minimum absolute atomic E-state index is 0.0164. The van der Waals surface area contributed by atoms with Gasteiger partial charge in [-0.15, -0.1) is 0 Å². The second kappa shape index (κ2) is 4.52. The van der Waals surface area contributed by atoms with Crippen LogP contribution in [0.5, 0.6) is 0 Å². The van der Waals surface area contributed by atoms with Gasteiger partial charge in [-0.05, 0) is 31.6 Å². The van der Waals surface area contributed by atoms with Gasteiger partial charge >= 0.3 is 0 Å². The molecule has 114 valence electrons. The molecule has 1 aliphatic heterocycles. The Morgan fingerprint density at radius 1 is 1.24 bits per heavy atom. The first kappa shape index (κ1) is 14.5. The molecule has 0 aromatic carbocycles. The maximum atomic E-state index is 12.9. The number of aromatic nitrogens is 2. The Labute approximate surface area is 126 Å². The van der Waals surface area contributed by atoms with Gasteiger partial charge in [0.05, 0.1) is 5.92 Å². The summed E-state index contributed by atoms with van der Waals surface area (Å²) in [5, 5.41) is 7.47. The Bertz CT molecular complexity index is 620. The molecule has 0 amide bonds. The summed E-state index contributed by atoms with van der Waals surface area (Å²) in [5.41, 5.74) is 3.18. The van der Waals surface area contributed by atoms with Gasteiger partial charge < -0.3 is 0 Å². The zero-order valence-corrected chi connectivity index (χ0v) is 13.7. The molecule has 1 N–H and O–H groups in total. The van der Waals surface area contributed by atoms with E-state index in [1.54, 1.807) is 0 Å². The second-order valence-corrected chi connectivity index (χ2v) is 7.43. The van der Waals surface area contributed by atoms with Gasteiger partial charge in [0.15, 0.2) is 5.82 Å². The molecule has 0 radical (unpaired) electrons. The van der Waals surface area contributed by atoms with Crippen molar-refractivity contribution in [1.82, 2.24) is 10.2 Å². The number of ketones is 1. The fraction of sp³-hybridized carbons (Fsp3) is 0.706. The highest BCUT2D eigenvalue weighted by Crippen LogP contribution is 2.52. The number of H-pyrrole nitrogens is 1. The number of aryl methyl sites for hydroxylation is 1. The van der Waals surface area contributed by atoms with E-state index in [-0.39, 0.29) is 16.7 Å². The Morgan fingerprint density at radius 2 is 1.90 bits per heavy atom. The first-order valence-corrected chi connectivity index (χ1v) is 8.00. The van der Waals surface area contributed by atoms with Crippen molar-refractivity contribution < 1.29 is 4.79 Å². The fourth-order valence-corrected chi connectivity index (χ4v) is 4.53. The number of carbonyl (C=O) groups excluding carboxylic acids is 1. The van der Waals surface area contributed by atoms with Crippen molar-refractivity contribution in [3.63, 3.8) is 0 Å². The molecule has 1 aromatic heterocycles. The molecule has 1 aliphatic carbocycles. The third-order valence-corrected chi connectivity index (χ3v) is 5.46. The lowest BCUT2D eigenvalue weighted by atomic mass is 9.56. The number of nitrogens with zero attached hydrogens (tertiary/aromatic N) is 2. The third-order valence-electron chi connectivity index (χ3n) is 5.46. The van der Waals surface area contributed by atoms with Crippen LogP contribution in [0.3, 0.4) is 0 Å². The predicted octanol–water partition coefficient (Wildman–Crippen LogP) is 3.87. The van der Waals surface area contributed by atoms with E-state index in [0.717, 1.165) is 36.5 Å². The first-order chi connectivity index (χ1) is 9.84. The van der Waals surface area contributed by atoms with Crippen molar-refractivity contribution in [2.45, 2.75) is 65.7 Å². The van der Waals surface area contributed by atoms with Crippen molar-refractivity contribution in [3.8, 4) is 0 Å². The Kier molecular flexibility index (Phi) is 3.12. The number of aromatic amines is 1. The van der Waals surface area contributed by atoms with Crippen LogP contribution in [0.2, 0.25) is 0 Å². The first-order valence-electron chi connectivity index (χ1n) is 8.00. The van der Waals surface area contributed by atoms with Crippen LogP contribution in [-0.4, -0.2) is 21.7 Å². The largest absolute Gasteiger partial charge is 0.299 e. The van der Waals surface area contributed by atoms with Crippen molar-refractivity contribution >= 4 is 17.3 Å². The molecule has 1 unspecified atom stereocenters. The van der Waals surface area contributed by atoms with Crippen LogP contribution >= 0.6 is 0 Å².